The summed E-state index contributed by atoms with van der Waals surface area (Å²) in [5.74, 6) is 0.980. The highest BCUT2D eigenvalue weighted by Gasteiger charge is 2.24. The molecule has 1 fully saturated rings. The summed E-state index contributed by atoms with van der Waals surface area (Å²) >= 11 is 0. The zero-order chi connectivity index (χ0) is 14.4. The van der Waals surface area contributed by atoms with Gasteiger partial charge in [0.15, 0.2) is 0 Å². The molecule has 0 spiro atoms. The van der Waals surface area contributed by atoms with Gasteiger partial charge in [-0.1, -0.05) is 43.7 Å². The van der Waals surface area contributed by atoms with Gasteiger partial charge in [0.25, 0.3) is 0 Å². The predicted octanol–water partition coefficient (Wildman–Crippen LogP) is 3.85. The molecule has 1 aliphatic rings. The number of likely N-dealkylation sites (N-methyl/N-ethyl adjacent to an activating group) is 2. The Labute approximate surface area is 124 Å². The minimum Gasteiger partial charge on any atom is -0.312 e. The van der Waals surface area contributed by atoms with Crippen LogP contribution in [-0.2, 0) is 0 Å². The molecule has 1 N–H and O–H groups in total. The van der Waals surface area contributed by atoms with E-state index in [9.17, 15) is 0 Å². The highest BCUT2D eigenvalue weighted by Crippen LogP contribution is 2.29. The zero-order valence-electron chi connectivity index (χ0n) is 13.3. The van der Waals surface area contributed by atoms with Gasteiger partial charge >= 0.3 is 0 Å². The molecule has 0 bridgehead atoms. The van der Waals surface area contributed by atoms with Crippen molar-refractivity contribution in [1.29, 1.82) is 0 Å². The standard InChI is InChI=1S/C18H30N2/c1-4-15-10-12-17(13-11-15)20(3)14-18(19-2)16-8-6-5-7-9-16/h5-9,15,17-19H,4,10-14H2,1-3H3. The molecule has 20 heavy (non-hydrogen) atoms. The Hall–Kier alpha value is -0.860. The summed E-state index contributed by atoms with van der Waals surface area (Å²) < 4.78 is 0. The minimum atomic E-state index is 0.435. The Morgan fingerprint density at radius 2 is 1.80 bits per heavy atom. The maximum atomic E-state index is 3.47. The smallest absolute Gasteiger partial charge is 0.0446 e. The second-order valence-electron chi connectivity index (χ2n) is 6.27. The first kappa shape index (κ1) is 15.5. The number of hydrogen-bond acceptors (Lipinski definition) is 2. The molecule has 2 rings (SSSR count). The van der Waals surface area contributed by atoms with Crippen LogP contribution in [0.1, 0.15) is 50.6 Å². The molecule has 0 saturated heterocycles. The molecular formula is C18H30N2. The molecule has 1 aromatic carbocycles. The van der Waals surface area contributed by atoms with Crippen LogP contribution in [0.5, 0.6) is 0 Å². The summed E-state index contributed by atoms with van der Waals surface area (Å²) in [6.45, 7) is 3.43. The van der Waals surface area contributed by atoms with Gasteiger partial charge < -0.3 is 10.2 Å². The number of nitrogens with zero attached hydrogens (tertiary/aromatic N) is 1. The first-order valence-electron chi connectivity index (χ1n) is 8.17. The molecule has 2 nitrogen and oxygen atoms in total. The summed E-state index contributed by atoms with van der Waals surface area (Å²) in [5.41, 5.74) is 1.39. The third kappa shape index (κ3) is 4.07. The van der Waals surface area contributed by atoms with Crippen LogP contribution in [0.25, 0.3) is 0 Å². The summed E-state index contributed by atoms with van der Waals surface area (Å²) in [6, 6.07) is 12.0. The largest absolute Gasteiger partial charge is 0.312 e. The van der Waals surface area contributed by atoms with Gasteiger partial charge in [0.1, 0.15) is 0 Å². The van der Waals surface area contributed by atoms with Crippen LogP contribution in [0.15, 0.2) is 30.3 Å². The van der Waals surface area contributed by atoms with Gasteiger partial charge in [-0.25, -0.2) is 0 Å². The molecule has 1 atom stereocenters. The fourth-order valence-corrected chi connectivity index (χ4v) is 3.48. The third-order valence-corrected chi connectivity index (χ3v) is 5.04. The van der Waals surface area contributed by atoms with Gasteiger partial charge in [0.05, 0.1) is 0 Å². The molecule has 0 aliphatic heterocycles. The van der Waals surface area contributed by atoms with Gasteiger partial charge in [-0.05, 0) is 51.3 Å². The van der Waals surface area contributed by atoms with Crippen molar-refractivity contribution >= 4 is 0 Å². The molecule has 0 amide bonds. The van der Waals surface area contributed by atoms with Crippen molar-refractivity contribution in [2.75, 3.05) is 20.6 Å². The van der Waals surface area contributed by atoms with Crippen molar-refractivity contribution in [2.45, 2.75) is 51.1 Å². The maximum Gasteiger partial charge on any atom is 0.0446 e. The van der Waals surface area contributed by atoms with Crippen molar-refractivity contribution in [3.05, 3.63) is 35.9 Å². The second-order valence-corrected chi connectivity index (χ2v) is 6.27. The van der Waals surface area contributed by atoms with E-state index in [0.29, 0.717) is 6.04 Å². The molecule has 0 radical (unpaired) electrons. The van der Waals surface area contributed by atoms with Crippen LogP contribution in [-0.4, -0.2) is 31.6 Å². The van der Waals surface area contributed by atoms with E-state index in [0.717, 1.165) is 18.5 Å². The van der Waals surface area contributed by atoms with Crippen LogP contribution in [0, 0.1) is 5.92 Å². The number of benzene rings is 1. The first-order chi connectivity index (χ1) is 9.74. The van der Waals surface area contributed by atoms with Gasteiger partial charge in [-0.3, -0.25) is 0 Å². The Morgan fingerprint density at radius 1 is 1.15 bits per heavy atom. The molecular weight excluding hydrogens is 244 g/mol. The van der Waals surface area contributed by atoms with E-state index in [-0.39, 0.29) is 0 Å². The van der Waals surface area contributed by atoms with Crippen molar-refractivity contribution < 1.29 is 0 Å². The summed E-state index contributed by atoms with van der Waals surface area (Å²) in [5, 5.41) is 3.47. The number of hydrogen-bond donors (Lipinski definition) is 1. The van der Waals surface area contributed by atoms with Crippen LogP contribution < -0.4 is 5.32 Å². The lowest BCUT2D eigenvalue weighted by Gasteiger charge is -2.36. The highest BCUT2D eigenvalue weighted by molar-refractivity contribution is 5.19. The molecule has 2 heteroatoms. The maximum absolute atomic E-state index is 3.47. The average Bonchev–Trinajstić information content (AvgIpc) is 2.53. The molecule has 1 aromatic rings. The second kappa shape index (κ2) is 7.80. The predicted molar refractivity (Wildman–Crippen MR) is 86.9 cm³/mol. The Kier molecular flexibility index (Phi) is 6.06. The molecule has 1 saturated carbocycles. The van der Waals surface area contributed by atoms with E-state index in [1.54, 1.807) is 0 Å². The van der Waals surface area contributed by atoms with Crippen LogP contribution in [0.3, 0.4) is 0 Å². The van der Waals surface area contributed by atoms with E-state index in [1.165, 1.54) is 37.7 Å². The van der Waals surface area contributed by atoms with Crippen molar-refractivity contribution in [3.8, 4) is 0 Å². The number of nitrogens with one attached hydrogen (secondary N) is 1. The molecule has 112 valence electrons. The average molecular weight is 274 g/mol. The third-order valence-electron chi connectivity index (χ3n) is 5.04. The molecule has 0 aromatic heterocycles. The van der Waals surface area contributed by atoms with Crippen molar-refractivity contribution in [2.24, 2.45) is 5.92 Å². The summed E-state index contributed by atoms with van der Waals surface area (Å²) in [7, 11) is 4.36. The Bertz CT molecular complexity index is 368. The Morgan fingerprint density at radius 3 is 2.35 bits per heavy atom. The van der Waals surface area contributed by atoms with Crippen molar-refractivity contribution in [3.63, 3.8) is 0 Å². The van der Waals surface area contributed by atoms with Gasteiger partial charge in [-0.2, -0.15) is 0 Å². The Balaban J connectivity index is 1.88. The summed E-state index contributed by atoms with van der Waals surface area (Å²) in [4.78, 5) is 2.57. The van der Waals surface area contributed by atoms with E-state index < -0.39 is 0 Å². The lowest BCUT2D eigenvalue weighted by Crippen LogP contribution is -2.40. The molecule has 1 unspecified atom stereocenters. The van der Waals surface area contributed by atoms with E-state index >= 15 is 0 Å². The number of rotatable bonds is 6. The lowest BCUT2D eigenvalue weighted by atomic mass is 9.84. The van der Waals surface area contributed by atoms with Gasteiger partial charge in [0.2, 0.25) is 0 Å². The normalized spacial score (nSPS) is 24.8. The lowest BCUT2D eigenvalue weighted by molar-refractivity contribution is 0.152. The fourth-order valence-electron chi connectivity index (χ4n) is 3.48. The van der Waals surface area contributed by atoms with Gasteiger partial charge in [0, 0.05) is 18.6 Å². The molecule has 1 aliphatic carbocycles. The monoisotopic (exact) mass is 274 g/mol. The van der Waals surface area contributed by atoms with Gasteiger partial charge in [-0.15, -0.1) is 0 Å². The summed E-state index contributed by atoms with van der Waals surface area (Å²) in [6.07, 6.45) is 6.95. The SMILES string of the molecule is CCC1CCC(N(C)CC(NC)c2ccccc2)CC1. The quantitative estimate of drug-likeness (QED) is 0.847. The van der Waals surface area contributed by atoms with Crippen LogP contribution >= 0.6 is 0 Å². The highest BCUT2D eigenvalue weighted by atomic mass is 15.1. The van der Waals surface area contributed by atoms with E-state index in [2.05, 4.69) is 61.6 Å². The van der Waals surface area contributed by atoms with Crippen LogP contribution in [0.2, 0.25) is 0 Å². The zero-order valence-corrected chi connectivity index (χ0v) is 13.3. The fraction of sp³-hybridized carbons (Fsp3) is 0.667. The molecule has 0 heterocycles. The van der Waals surface area contributed by atoms with Crippen LogP contribution in [0.4, 0.5) is 0 Å². The van der Waals surface area contributed by atoms with E-state index in [1.807, 2.05) is 0 Å². The topological polar surface area (TPSA) is 15.3 Å². The minimum absolute atomic E-state index is 0.435. The first-order valence-corrected chi connectivity index (χ1v) is 8.17. The van der Waals surface area contributed by atoms with Crippen molar-refractivity contribution in [1.82, 2.24) is 10.2 Å². The van der Waals surface area contributed by atoms with E-state index in [4.69, 9.17) is 0 Å².